The lowest BCUT2D eigenvalue weighted by molar-refractivity contribution is 0.330. The fraction of sp³-hybridized carbons (Fsp3) is 1.00. The Balaban J connectivity index is 2.23. The smallest absolute Gasteiger partial charge is 0.164 e. The second-order valence-corrected chi connectivity index (χ2v) is 10.3. The van der Waals surface area contributed by atoms with Crippen molar-refractivity contribution in [1.29, 1.82) is 0 Å². The summed E-state index contributed by atoms with van der Waals surface area (Å²) < 4.78 is 7.94. The van der Waals surface area contributed by atoms with Crippen LogP contribution in [0, 0.1) is 0 Å². The van der Waals surface area contributed by atoms with Crippen molar-refractivity contribution in [3.05, 3.63) is 0 Å². The van der Waals surface area contributed by atoms with E-state index in [0.29, 0.717) is 0 Å². The minimum atomic E-state index is -0.449. The topological polar surface area (TPSA) is 12.5 Å². The summed E-state index contributed by atoms with van der Waals surface area (Å²) in [5, 5.41) is 0. The van der Waals surface area contributed by atoms with Gasteiger partial charge in [0.25, 0.3) is 0 Å². The van der Waals surface area contributed by atoms with Crippen LogP contribution >= 0.6 is 0 Å². The highest BCUT2D eigenvalue weighted by Crippen LogP contribution is 2.05. The van der Waals surface area contributed by atoms with E-state index in [1.807, 2.05) is 0 Å². The first-order valence-electron chi connectivity index (χ1n) is 3.55. The second kappa shape index (κ2) is 3.50. The van der Waals surface area contributed by atoms with E-state index >= 15 is 0 Å². The minimum absolute atomic E-state index is 0.0602. The Morgan fingerprint density at radius 3 is 2.67 bits per heavy atom. The van der Waals surface area contributed by atoms with Crippen LogP contribution in [0.1, 0.15) is 6.42 Å². The molecule has 0 saturated carbocycles. The van der Waals surface area contributed by atoms with Gasteiger partial charge in [0.15, 0.2) is 9.28 Å². The lowest BCUT2D eigenvalue weighted by Gasteiger charge is -2.25. The first kappa shape index (κ1) is 7.46. The van der Waals surface area contributed by atoms with Gasteiger partial charge in [-0.1, -0.05) is 0 Å². The van der Waals surface area contributed by atoms with Crippen LogP contribution in [-0.2, 0) is 4.43 Å². The van der Waals surface area contributed by atoms with Gasteiger partial charge in [-0.05, 0) is 26.6 Å². The fourth-order valence-corrected chi connectivity index (χ4v) is 6.97. The highest BCUT2D eigenvalue weighted by atomic mass is 29.2. The average molecular weight is 161 g/mol. The summed E-state index contributed by atoms with van der Waals surface area (Å²) in [4.78, 5) is 0. The molecule has 0 N–H and O–H groups in total. The van der Waals surface area contributed by atoms with E-state index in [9.17, 15) is 0 Å². The van der Waals surface area contributed by atoms with Gasteiger partial charge in [0.2, 0.25) is 0 Å². The summed E-state index contributed by atoms with van der Waals surface area (Å²) in [5.74, 6) is 0. The van der Waals surface area contributed by atoms with Crippen molar-refractivity contribution in [1.82, 2.24) is 4.57 Å². The Bertz CT molecular complexity index is 83.0. The third-order valence-corrected chi connectivity index (χ3v) is 10.6. The maximum absolute atomic E-state index is 5.50. The van der Waals surface area contributed by atoms with Crippen LogP contribution in [0.2, 0.25) is 6.04 Å². The largest absolute Gasteiger partial charge is 0.426 e. The van der Waals surface area contributed by atoms with Gasteiger partial charge in [0.05, 0.1) is 0 Å². The predicted molar refractivity (Wildman–Crippen MR) is 44.8 cm³/mol. The monoisotopic (exact) mass is 161 g/mol. The Labute approximate surface area is 60.6 Å². The molecule has 9 heavy (non-hydrogen) atoms. The Morgan fingerprint density at radius 1 is 1.56 bits per heavy atom. The van der Waals surface area contributed by atoms with Gasteiger partial charge in [-0.3, -0.25) is 0 Å². The van der Waals surface area contributed by atoms with Crippen LogP contribution in [0.25, 0.3) is 0 Å². The van der Waals surface area contributed by atoms with Crippen LogP contribution in [0.5, 0.6) is 0 Å². The highest BCUT2D eigenvalue weighted by Gasteiger charge is 2.17. The summed E-state index contributed by atoms with van der Waals surface area (Å²) >= 11 is 0. The molecular weight excluding hydrogens is 146 g/mol. The molecule has 0 bridgehead atoms. The van der Waals surface area contributed by atoms with Gasteiger partial charge in [0.1, 0.15) is 8.48 Å². The molecule has 1 rings (SSSR count). The van der Waals surface area contributed by atoms with E-state index in [-0.39, 0.29) is 9.28 Å². The zero-order chi connectivity index (χ0) is 6.69. The Hall–Kier alpha value is 0.354. The molecule has 1 aliphatic rings. The van der Waals surface area contributed by atoms with Crippen LogP contribution in [0.15, 0.2) is 0 Å². The first-order valence-corrected chi connectivity index (χ1v) is 8.72. The van der Waals surface area contributed by atoms with Crippen molar-refractivity contribution in [2.24, 2.45) is 0 Å². The van der Waals surface area contributed by atoms with Gasteiger partial charge in [-0.25, -0.2) is 0 Å². The molecule has 0 radical (unpaired) electrons. The van der Waals surface area contributed by atoms with Crippen molar-refractivity contribution in [3.63, 3.8) is 0 Å². The summed E-state index contributed by atoms with van der Waals surface area (Å²) in [5.41, 5.74) is 0. The molecule has 1 aliphatic heterocycles. The van der Waals surface area contributed by atoms with Gasteiger partial charge >= 0.3 is 0 Å². The van der Waals surface area contributed by atoms with E-state index in [2.05, 4.69) is 18.7 Å². The van der Waals surface area contributed by atoms with Crippen molar-refractivity contribution in [2.45, 2.75) is 12.5 Å². The number of hydrogen-bond acceptors (Lipinski definition) is 2. The normalized spacial score (nSPS) is 31.7. The van der Waals surface area contributed by atoms with E-state index in [1.165, 1.54) is 12.5 Å². The van der Waals surface area contributed by atoms with Gasteiger partial charge < -0.3 is 8.99 Å². The molecule has 1 unspecified atom stereocenters. The van der Waals surface area contributed by atoms with E-state index in [0.717, 1.165) is 6.61 Å². The standard InChI is InChI=1S/C5H15NOSi2/c1-6(2)9-5-3-4-7-8-9/h9H,3-5,8H2,1-2H3. The molecule has 4 heteroatoms. The Morgan fingerprint density at radius 2 is 2.33 bits per heavy atom. The molecule has 1 fully saturated rings. The van der Waals surface area contributed by atoms with E-state index in [4.69, 9.17) is 4.43 Å². The Kier molecular flexibility index (Phi) is 2.91. The van der Waals surface area contributed by atoms with Crippen LogP contribution < -0.4 is 0 Å². The van der Waals surface area contributed by atoms with E-state index < -0.39 is 8.48 Å². The van der Waals surface area contributed by atoms with Crippen molar-refractivity contribution >= 4 is 17.8 Å². The lowest BCUT2D eigenvalue weighted by Crippen LogP contribution is -2.42. The predicted octanol–water partition coefficient (Wildman–Crippen LogP) is -0.727. The zero-order valence-electron chi connectivity index (χ0n) is 6.26. The molecule has 0 spiro atoms. The summed E-state index contributed by atoms with van der Waals surface area (Å²) in [6.45, 7) is 1.06. The zero-order valence-corrected chi connectivity index (χ0v) is 8.83. The van der Waals surface area contributed by atoms with E-state index in [1.54, 1.807) is 0 Å². The van der Waals surface area contributed by atoms with Crippen LogP contribution in [0.4, 0.5) is 0 Å². The molecule has 1 saturated heterocycles. The van der Waals surface area contributed by atoms with Crippen LogP contribution in [-0.4, -0.2) is 43.0 Å². The van der Waals surface area contributed by atoms with Crippen molar-refractivity contribution in [3.8, 4) is 0 Å². The molecule has 1 atom stereocenters. The van der Waals surface area contributed by atoms with Gasteiger partial charge in [0, 0.05) is 6.61 Å². The molecule has 1 heterocycles. The molecule has 0 amide bonds. The molecular formula is C5H15NOSi2. The van der Waals surface area contributed by atoms with Crippen LogP contribution in [0.3, 0.4) is 0 Å². The summed E-state index contributed by atoms with van der Waals surface area (Å²) in [6.07, 6.45) is 1.32. The number of hydrogen-bond donors (Lipinski definition) is 0. The molecule has 0 aromatic carbocycles. The molecule has 0 aromatic heterocycles. The number of nitrogens with zero attached hydrogens (tertiary/aromatic N) is 1. The average Bonchev–Trinajstić information content (AvgIpc) is 1.90. The summed E-state index contributed by atoms with van der Waals surface area (Å²) in [6, 6.07) is 1.50. The lowest BCUT2D eigenvalue weighted by atomic mass is 10.5. The second-order valence-electron chi connectivity index (χ2n) is 2.83. The third-order valence-electron chi connectivity index (χ3n) is 1.87. The van der Waals surface area contributed by atoms with Crippen molar-refractivity contribution < 1.29 is 4.43 Å². The van der Waals surface area contributed by atoms with Crippen molar-refractivity contribution in [2.75, 3.05) is 20.7 Å². The highest BCUT2D eigenvalue weighted by molar-refractivity contribution is 7.08. The SMILES string of the molecule is CN(C)[SiH]1CCCO[SiH2]1. The van der Waals surface area contributed by atoms with Gasteiger partial charge in [-0.15, -0.1) is 0 Å². The number of rotatable bonds is 1. The summed E-state index contributed by atoms with van der Waals surface area (Å²) in [7, 11) is 3.90. The third kappa shape index (κ3) is 2.21. The molecule has 0 aromatic rings. The fourth-order valence-electron chi connectivity index (χ4n) is 1.13. The minimum Gasteiger partial charge on any atom is -0.426 e. The molecule has 54 valence electrons. The molecule has 2 nitrogen and oxygen atoms in total. The van der Waals surface area contributed by atoms with Gasteiger partial charge in [-0.2, -0.15) is 0 Å². The first-order chi connectivity index (χ1) is 4.30. The quantitative estimate of drug-likeness (QED) is 0.470. The maximum atomic E-state index is 5.50. The molecule has 0 aliphatic carbocycles. The maximum Gasteiger partial charge on any atom is 0.164 e.